The maximum absolute atomic E-state index is 13.2. The van der Waals surface area contributed by atoms with Gasteiger partial charge in [-0.15, -0.1) is 0 Å². The second-order valence-corrected chi connectivity index (χ2v) is 6.29. The van der Waals surface area contributed by atoms with Crippen molar-refractivity contribution in [1.29, 1.82) is 0 Å². The Morgan fingerprint density at radius 2 is 1.80 bits per heavy atom. The Labute approximate surface area is 144 Å². The molecule has 4 heteroatoms. The first-order valence-corrected chi connectivity index (χ1v) is 8.13. The van der Waals surface area contributed by atoms with E-state index in [9.17, 15) is 4.39 Å². The van der Waals surface area contributed by atoms with Gasteiger partial charge in [-0.1, -0.05) is 11.6 Å². The van der Waals surface area contributed by atoms with Crippen LogP contribution >= 0.6 is 0 Å². The van der Waals surface area contributed by atoms with Crippen molar-refractivity contribution in [2.24, 2.45) is 0 Å². The largest absolute Gasteiger partial charge is 0.339 e. The van der Waals surface area contributed by atoms with Gasteiger partial charge in [-0.2, -0.15) is 0 Å². The topological polar surface area (TPSA) is 37.8 Å². The van der Waals surface area contributed by atoms with E-state index in [2.05, 4.69) is 35.4 Å². The lowest BCUT2D eigenvalue weighted by Crippen LogP contribution is -2.05. The van der Waals surface area contributed by atoms with Crippen LogP contribution in [0.5, 0.6) is 0 Å². The standard InChI is InChI=1S/C21H14FN3/c1-12-2-7-17-16(10-12)20-19-14(8-9-23-20)11-18(25-21(19)24-17)13-3-5-15(22)6-4-13/h2-11H,1H3,(H,24,25). The monoisotopic (exact) mass is 327 g/mol. The first kappa shape index (κ1) is 14.1. The van der Waals surface area contributed by atoms with Crippen molar-refractivity contribution >= 4 is 22.3 Å². The molecule has 0 unspecified atom stereocenters. The van der Waals surface area contributed by atoms with Gasteiger partial charge in [-0.3, -0.25) is 4.98 Å². The molecule has 120 valence electrons. The SMILES string of the molecule is Cc1ccc2c(c1)-c1nccc3cc(-c4ccc(F)cc4)nc(c13)N2. The van der Waals surface area contributed by atoms with E-state index >= 15 is 0 Å². The molecule has 2 aromatic carbocycles. The summed E-state index contributed by atoms with van der Waals surface area (Å²) < 4.78 is 13.2. The van der Waals surface area contributed by atoms with Crippen LogP contribution in [0.2, 0.25) is 0 Å². The highest BCUT2D eigenvalue weighted by Gasteiger charge is 2.21. The Morgan fingerprint density at radius 3 is 2.64 bits per heavy atom. The maximum Gasteiger partial charge on any atom is 0.141 e. The van der Waals surface area contributed by atoms with E-state index in [0.29, 0.717) is 0 Å². The number of pyridine rings is 2. The normalized spacial score (nSPS) is 11.9. The molecule has 0 atom stereocenters. The minimum Gasteiger partial charge on any atom is -0.339 e. The number of halogens is 1. The molecule has 1 aliphatic heterocycles. The highest BCUT2D eigenvalue weighted by atomic mass is 19.1. The summed E-state index contributed by atoms with van der Waals surface area (Å²) in [5.41, 5.74) is 5.93. The molecule has 0 spiro atoms. The summed E-state index contributed by atoms with van der Waals surface area (Å²) in [6.45, 7) is 2.08. The van der Waals surface area contributed by atoms with Crippen molar-refractivity contribution in [1.82, 2.24) is 9.97 Å². The second kappa shape index (κ2) is 5.11. The van der Waals surface area contributed by atoms with Crippen LogP contribution in [0.4, 0.5) is 15.9 Å². The number of aryl methyl sites for hydroxylation is 1. The van der Waals surface area contributed by atoms with E-state index in [4.69, 9.17) is 4.98 Å². The number of hydrogen-bond acceptors (Lipinski definition) is 3. The lowest BCUT2D eigenvalue weighted by atomic mass is 9.97. The fourth-order valence-corrected chi connectivity index (χ4v) is 3.36. The van der Waals surface area contributed by atoms with E-state index in [1.54, 1.807) is 12.1 Å². The molecular weight excluding hydrogens is 313 g/mol. The third-order valence-corrected chi connectivity index (χ3v) is 4.57. The summed E-state index contributed by atoms with van der Waals surface area (Å²) in [6.07, 6.45) is 1.83. The fourth-order valence-electron chi connectivity index (χ4n) is 3.36. The number of fused-ring (bicyclic) bond motifs is 2. The van der Waals surface area contributed by atoms with Crippen molar-refractivity contribution in [3.8, 4) is 22.5 Å². The lowest BCUT2D eigenvalue weighted by Gasteiger charge is -2.21. The first-order chi connectivity index (χ1) is 12.2. The highest BCUT2D eigenvalue weighted by Crippen LogP contribution is 2.42. The molecule has 0 aliphatic carbocycles. The Morgan fingerprint density at radius 1 is 0.960 bits per heavy atom. The molecule has 0 saturated carbocycles. The molecule has 25 heavy (non-hydrogen) atoms. The number of benzene rings is 2. The van der Waals surface area contributed by atoms with Gasteiger partial charge in [-0.05, 0) is 60.8 Å². The quantitative estimate of drug-likeness (QED) is 0.444. The Balaban J connectivity index is 1.79. The Bertz CT molecular complexity index is 1130. The number of hydrogen-bond donors (Lipinski definition) is 1. The zero-order valence-corrected chi connectivity index (χ0v) is 13.5. The highest BCUT2D eigenvalue weighted by molar-refractivity contribution is 6.09. The smallest absolute Gasteiger partial charge is 0.141 e. The van der Waals surface area contributed by atoms with Crippen LogP contribution in [0.1, 0.15) is 5.56 Å². The number of rotatable bonds is 1. The average Bonchev–Trinajstić information content (AvgIpc) is 2.63. The van der Waals surface area contributed by atoms with E-state index < -0.39 is 0 Å². The molecule has 4 aromatic rings. The van der Waals surface area contributed by atoms with E-state index in [1.165, 1.54) is 17.7 Å². The second-order valence-electron chi connectivity index (χ2n) is 6.29. The van der Waals surface area contributed by atoms with E-state index in [-0.39, 0.29) is 5.82 Å². The number of nitrogens with zero attached hydrogens (tertiary/aromatic N) is 2. The van der Waals surface area contributed by atoms with Gasteiger partial charge in [-0.25, -0.2) is 9.37 Å². The molecule has 0 fully saturated rings. The van der Waals surface area contributed by atoms with Crippen molar-refractivity contribution < 1.29 is 4.39 Å². The molecule has 1 aliphatic rings. The van der Waals surface area contributed by atoms with Crippen molar-refractivity contribution in [2.45, 2.75) is 6.92 Å². The van der Waals surface area contributed by atoms with Crippen LogP contribution < -0.4 is 5.32 Å². The van der Waals surface area contributed by atoms with Crippen molar-refractivity contribution in [3.63, 3.8) is 0 Å². The van der Waals surface area contributed by atoms with Crippen LogP contribution in [0.25, 0.3) is 33.3 Å². The third-order valence-electron chi connectivity index (χ3n) is 4.57. The molecule has 1 N–H and O–H groups in total. The minimum atomic E-state index is -0.250. The predicted molar refractivity (Wildman–Crippen MR) is 98.4 cm³/mol. The van der Waals surface area contributed by atoms with Crippen molar-refractivity contribution in [2.75, 3.05) is 5.32 Å². The van der Waals surface area contributed by atoms with Crippen LogP contribution in [-0.4, -0.2) is 9.97 Å². The van der Waals surface area contributed by atoms with Gasteiger partial charge >= 0.3 is 0 Å². The third kappa shape index (κ3) is 2.18. The molecule has 0 saturated heterocycles. The Kier molecular flexibility index (Phi) is 2.88. The van der Waals surface area contributed by atoms with Gasteiger partial charge in [0.1, 0.15) is 11.6 Å². The molecule has 3 nitrogen and oxygen atoms in total. The van der Waals surface area contributed by atoms with Gasteiger partial charge in [0.05, 0.1) is 16.8 Å². The van der Waals surface area contributed by atoms with Gasteiger partial charge in [0.25, 0.3) is 0 Å². The van der Waals surface area contributed by atoms with Gasteiger partial charge in [0, 0.05) is 23.0 Å². The van der Waals surface area contributed by atoms with E-state index in [0.717, 1.165) is 44.8 Å². The fraction of sp³-hybridized carbons (Fsp3) is 0.0476. The lowest BCUT2D eigenvalue weighted by molar-refractivity contribution is 0.628. The number of anilines is 2. The summed E-state index contributed by atoms with van der Waals surface area (Å²) in [5, 5.41) is 5.51. The molecular formula is C21H14FN3. The molecule has 5 rings (SSSR count). The van der Waals surface area contributed by atoms with Gasteiger partial charge in [0.15, 0.2) is 0 Å². The molecule has 0 amide bonds. The maximum atomic E-state index is 13.2. The van der Waals surface area contributed by atoms with Crippen LogP contribution in [0.3, 0.4) is 0 Å². The average molecular weight is 327 g/mol. The summed E-state index contributed by atoms with van der Waals surface area (Å²) >= 11 is 0. The van der Waals surface area contributed by atoms with Crippen LogP contribution in [0.15, 0.2) is 60.8 Å². The summed E-state index contributed by atoms with van der Waals surface area (Å²) in [4.78, 5) is 9.38. The van der Waals surface area contributed by atoms with Crippen molar-refractivity contribution in [3.05, 3.63) is 72.2 Å². The molecule has 0 radical (unpaired) electrons. The zero-order valence-electron chi connectivity index (χ0n) is 13.5. The van der Waals surface area contributed by atoms with Gasteiger partial charge in [0.2, 0.25) is 0 Å². The van der Waals surface area contributed by atoms with Gasteiger partial charge < -0.3 is 5.32 Å². The molecule has 0 bridgehead atoms. The predicted octanol–water partition coefficient (Wildman–Crippen LogP) is 5.47. The zero-order chi connectivity index (χ0) is 17.0. The van der Waals surface area contributed by atoms with E-state index in [1.807, 2.05) is 18.3 Å². The molecule has 2 aromatic heterocycles. The summed E-state index contributed by atoms with van der Waals surface area (Å²) in [7, 11) is 0. The first-order valence-electron chi connectivity index (χ1n) is 8.13. The number of nitrogens with one attached hydrogen (secondary N) is 1. The summed E-state index contributed by atoms with van der Waals surface area (Å²) in [6, 6.07) is 16.7. The van der Waals surface area contributed by atoms with Crippen LogP contribution in [-0.2, 0) is 0 Å². The van der Waals surface area contributed by atoms with Crippen LogP contribution in [0, 0.1) is 12.7 Å². The minimum absolute atomic E-state index is 0.250. The number of aromatic nitrogens is 2. The Hall–Kier alpha value is -3.27. The molecule has 3 heterocycles. The summed E-state index contributed by atoms with van der Waals surface area (Å²) in [5.74, 6) is 0.538.